The summed E-state index contributed by atoms with van der Waals surface area (Å²) >= 11 is 0. The Kier molecular flexibility index (Phi) is 10.9. The Labute approximate surface area is 192 Å². The molecular formula is C20H35IN4O3S. The number of rotatable bonds is 7. The predicted octanol–water partition coefficient (Wildman–Crippen LogP) is 2.04. The van der Waals surface area contributed by atoms with Crippen molar-refractivity contribution in [2.75, 3.05) is 46.1 Å². The van der Waals surface area contributed by atoms with Crippen molar-refractivity contribution in [1.29, 1.82) is 0 Å². The number of aliphatic imine (C=N–C) groups is 1. The van der Waals surface area contributed by atoms with E-state index in [0.29, 0.717) is 29.9 Å². The highest BCUT2D eigenvalue weighted by molar-refractivity contribution is 14.0. The molecule has 0 saturated carbocycles. The van der Waals surface area contributed by atoms with Crippen molar-refractivity contribution in [3.05, 3.63) is 29.3 Å². The summed E-state index contributed by atoms with van der Waals surface area (Å²) in [6.07, 6.45) is 1.37. The maximum atomic E-state index is 11.7. The summed E-state index contributed by atoms with van der Waals surface area (Å²) in [7, 11) is -1.46. The molecule has 9 heteroatoms. The molecule has 2 rings (SSSR count). The van der Waals surface area contributed by atoms with Gasteiger partial charge in [0.1, 0.15) is 0 Å². The quantitative estimate of drug-likeness (QED) is 0.314. The molecule has 166 valence electrons. The number of guanidine groups is 1. The highest BCUT2D eigenvalue weighted by Crippen LogP contribution is 2.16. The van der Waals surface area contributed by atoms with E-state index in [4.69, 9.17) is 4.74 Å². The zero-order valence-corrected chi connectivity index (χ0v) is 21.2. The first kappa shape index (κ1) is 26.1. The van der Waals surface area contributed by atoms with E-state index in [1.165, 1.54) is 6.26 Å². The maximum Gasteiger partial charge on any atom is 0.191 e. The van der Waals surface area contributed by atoms with Gasteiger partial charge in [0.25, 0.3) is 0 Å². The molecule has 2 N–H and O–H groups in total. The summed E-state index contributed by atoms with van der Waals surface area (Å²) in [6, 6.07) is 5.39. The predicted molar refractivity (Wildman–Crippen MR) is 129 cm³/mol. The van der Waals surface area contributed by atoms with Crippen LogP contribution in [0.15, 0.2) is 28.1 Å². The summed E-state index contributed by atoms with van der Waals surface area (Å²) in [5, 5.41) is 6.60. The topological polar surface area (TPSA) is 83.0 Å². The van der Waals surface area contributed by atoms with E-state index in [1.54, 1.807) is 13.1 Å². The molecule has 1 aliphatic rings. The van der Waals surface area contributed by atoms with Gasteiger partial charge in [0.2, 0.25) is 0 Å². The van der Waals surface area contributed by atoms with Gasteiger partial charge < -0.3 is 15.4 Å². The lowest BCUT2D eigenvalue weighted by molar-refractivity contribution is -0.0284. The van der Waals surface area contributed by atoms with Crippen molar-refractivity contribution >= 4 is 39.8 Å². The zero-order chi connectivity index (χ0) is 20.7. The van der Waals surface area contributed by atoms with Crippen LogP contribution in [0, 0.1) is 12.8 Å². The van der Waals surface area contributed by atoms with Gasteiger partial charge in [0, 0.05) is 46.0 Å². The Balaban J connectivity index is 0.00000420. The van der Waals surface area contributed by atoms with Crippen molar-refractivity contribution < 1.29 is 13.2 Å². The number of halogens is 1. The average molecular weight is 538 g/mol. The number of nitrogens with zero attached hydrogens (tertiary/aromatic N) is 2. The number of nitrogens with one attached hydrogen (secondary N) is 2. The van der Waals surface area contributed by atoms with E-state index in [2.05, 4.69) is 34.4 Å². The monoisotopic (exact) mass is 538 g/mol. The molecule has 1 unspecified atom stereocenters. The summed E-state index contributed by atoms with van der Waals surface area (Å²) in [6.45, 7) is 11.3. The smallest absolute Gasteiger partial charge is 0.191 e. The Morgan fingerprint density at radius 3 is 2.66 bits per heavy atom. The first-order valence-corrected chi connectivity index (χ1v) is 11.7. The Hall–Kier alpha value is -0.910. The minimum atomic E-state index is -3.19. The molecule has 0 bridgehead atoms. The minimum Gasteiger partial charge on any atom is -0.374 e. The molecule has 1 fully saturated rings. The van der Waals surface area contributed by atoms with Crippen LogP contribution < -0.4 is 10.6 Å². The molecule has 7 nitrogen and oxygen atoms in total. The average Bonchev–Trinajstić information content (AvgIpc) is 2.60. The van der Waals surface area contributed by atoms with Crippen molar-refractivity contribution in [2.24, 2.45) is 10.9 Å². The van der Waals surface area contributed by atoms with E-state index in [-0.39, 0.29) is 30.1 Å². The van der Waals surface area contributed by atoms with Crippen molar-refractivity contribution in [1.82, 2.24) is 15.5 Å². The third-order valence-corrected chi connectivity index (χ3v) is 5.92. The maximum absolute atomic E-state index is 11.7. The van der Waals surface area contributed by atoms with Gasteiger partial charge in [-0.05, 0) is 30.0 Å². The van der Waals surface area contributed by atoms with Crippen LogP contribution in [-0.2, 0) is 21.1 Å². The number of aryl methyl sites for hydroxylation is 1. The van der Waals surface area contributed by atoms with Crippen LogP contribution in [0.3, 0.4) is 0 Å². The van der Waals surface area contributed by atoms with E-state index < -0.39 is 9.84 Å². The van der Waals surface area contributed by atoms with Gasteiger partial charge in [-0.25, -0.2) is 8.42 Å². The molecule has 1 atom stereocenters. The molecular weight excluding hydrogens is 503 g/mol. The second-order valence-corrected chi connectivity index (χ2v) is 9.81. The molecule has 0 aromatic heterocycles. The lowest BCUT2D eigenvalue weighted by Gasteiger charge is -2.34. The van der Waals surface area contributed by atoms with Gasteiger partial charge in [-0.3, -0.25) is 9.89 Å². The fourth-order valence-electron chi connectivity index (χ4n) is 3.44. The largest absolute Gasteiger partial charge is 0.374 e. The number of benzene rings is 1. The normalized spacial score (nSPS) is 18.4. The molecule has 0 radical (unpaired) electrons. The molecule has 1 aromatic rings. The highest BCUT2D eigenvalue weighted by atomic mass is 127. The second kappa shape index (κ2) is 12.1. The summed E-state index contributed by atoms with van der Waals surface area (Å²) in [5.41, 5.74) is 1.76. The number of morpholine rings is 1. The van der Waals surface area contributed by atoms with Crippen LogP contribution in [0.5, 0.6) is 0 Å². The number of hydrogen-bond acceptors (Lipinski definition) is 5. The molecule has 0 amide bonds. The van der Waals surface area contributed by atoms with Gasteiger partial charge in [0.05, 0.1) is 17.6 Å². The Morgan fingerprint density at radius 2 is 2.07 bits per heavy atom. The Bertz CT molecular complexity index is 784. The third kappa shape index (κ3) is 8.77. The molecule has 1 saturated heterocycles. The Morgan fingerprint density at radius 1 is 1.34 bits per heavy atom. The molecule has 0 spiro atoms. The van der Waals surface area contributed by atoms with Gasteiger partial charge in [-0.1, -0.05) is 26.0 Å². The summed E-state index contributed by atoms with van der Waals surface area (Å²) in [4.78, 5) is 7.09. The molecule has 29 heavy (non-hydrogen) atoms. The van der Waals surface area contributed by atoms with E-state index >= 15 is 0 Å². The van der Waals surface area contributed by atoms with Gasteiger partial charge in [0.15, 0.2) is 15.8 Å². The number of ether oxygens (including phenoxy) is 1. The van der Waals surface area contributed by atoms with Crippen LogP contribution in [0.2, 0.25) is 0 Å². The van der Waals surface area contributed by atoms with E-state index in [0.717, 1.165) is 37.4 Å². The van der Waals surface area contributed by atoms with E-state index in [1.807, 2.05) is 19.1 Å². The van der Waals surface area contributed by atoms with Crippen LogP contribution in [-0.4, -0.2) is 71.5 Å². The molecule has 0 aliphatic carbocycles. The second-order valence-electron chi connectivity index (χ2n) is 7.82. The third-order valence-electron chi connectivity index (χ3n) is 4.67. The standard InChI is InChI=1S/C20H34N4O3S.HI/c1-15(2)13-24-8-9-27-18(14-24)12-23-20(21-4)22-11-17-6-7-19(16(3)10-17)28(5,25)26;/h6-7,10,15,18H,8-9,11-14H2,1-5H3,(H2,21,22,23);1H. The first-order valence-electron chi connectivity index (χ1n) is 9.77. The van der Waals surface area contributed by atoms with Crippen LogP contribution >= 0.6 is 24.0 Å². The van der Waals surface area contributed by atoms with Crippen LogP contribution in [0.4, 0.5) is 0 Å². The zero-order valence-electron chi connectivity index (χ0n) is 18.1. The van der Waals surface area contributed by atoms with Gasteiger partial charge in [-0.15, -0.1) is 24.0 Å². The highest BCUT2D eigenvalue weighted by Gasteiger charge is 2.21. The lowest BCUT2D eigenvalue weighted by atomic mass is 10.1. The van der Waals surface area contributed by atoms with Crippen LogP contribution in [0.25, 0.3) is 0 Å². The van der Waals surface area contributed by atoms with Crippen molar-refractivity contribution in [3.8, 4) is 0 Å². The fraction of sp³-hybridized carbons (Fsp3) is 0.650. The first-order chi connectivity index (χ1) is 13.2. The summed E-state index contributed by atoms with van der Waals surface area (Å²) in [5.74, 6) is 1.35. The van der Waals surface area contributed by atoms with Gasteiger partial charge in [-0.2, -0.15) is 0 Å². The molecule has 1 aromatic carbocycles. The van der Waals surface area contributed by atoms with Gasteiger partial charge >= 0.3 is 0 Å². The van der Waals surface area contributed by atoms with Crippen molar-refractivity contribution in [2.45, 2.75) is 38.3 Å². The van der Waals surface area contributed by atoms with Crippen LogP contribution in [0.1, 0.15) is 25.0 Å². The summed E-state index contributed by atoms with van der Waals surface area (Å²) < 4.78 is 29.3. The number of sulfone groups is 1. The SMILES string of the molecule is CN=C(NCc1ccc(S(C)(=O)=O)c(C)c1)NCC1CN(CC(C)C)CCO1.I. The van der Waals surface area contributed by atoms with E-state index in [9.17, 15) is 8.42 Å². The van der Waals surface area contributed by atoms with Crippen molar-refractivity contribution in [3.63, 3.8) is 0 Å². The molecule has 1 heterocycles. The fourth-order valence-corrected chi connectivity index (χ4v) is 4.40. The number of hydrogen-bond donors (Lipinski definition) is 2. The lowest BCUT2D eigenvalue weighted by Crippen LogP contribution is -2.50. The minimum absolute atomic E-state index is 0. The molecule has 1 aliphatic heterocycles.